The van der Waals surface area contributed by atoms with Crippen molar-refractivity contribution in [3.63, 3.8) is 0 Å². The molecule has 0 saturated carbocycles. The van der Waals surface area contributed by atoms with Crippen molar-refractivity contribution in [1.82, 2.24) is 0 Å². The SMILES string of the molecule is C=CC(C)(C)C(C)(C)[S]. The highest BCUT2D eigenvalue weighted by atomic mass is 32.1. The average Bonchev–Trinajstić information content (AvgIpc) is 1.64. The van der Waals surface area contributed by atoms with E-state index in [1.54, 1.807) is 0 Å². The van der Waals surface area contributed by atoms with E-state index in [9.17, 15) is 0 Å². The minimum Gasteiger partial charge on any atom is -0.102 e. The van der Waals surface area contributed by atoms with Crippen molar-refractivity contribution in [2.75, 3.05) is 0 Å². The summed E-state index contributed by atoms with van der Waals surface area (Å²) in [5.41, 5.74) is 0.0579. The van der Waals surface area contributed by atoms with Crippen molar-refractivity contribution in [2.24, 2.45) is 5.41 Å². The topological polar surface area (TPSA) is 0 Å². The van der Waals surface area contributed by atoms with Gasteiger partial charge in [-0.2, -0.15) is 0 Å². The van der Waals surface area contributed by atoms with Crippen LogP contribution in [-0.2, 0) is 0 Å². The van der Waals surface area contributed by atoms with Gasteiger partial charge in [0.2, 0.25) is 0 Å². The van der Waals surface area contributed by atoms with Crippen LogP contribution in [0.3, 0.4) is 0 Å². The monoisotopic (exact) mass is 143 g/mol. The number of hydrogen-bond acceptors (Lipinski definition) is 0. The van der Waals surface area contributed by atoms with E-state index in [2.05, 4.69) is 20.4 Å². The van der Waals surface area contributed by atoms with Gasteiger partial charge in [0.1, 0.15) is 0 Å². The highest BCUT2D eigenvalue weighted by molar-refractivity contribution is 7.81. The lowest BCUT2D eigenvalue weighted by molar-refractivity contribution is 0.376. The molecule has 0 aromatic rings. The molecule has 0 aliphatic rings. The standard InChI is InChI=1S/C8H15S/c1-6-7(2,3)8(4,5)9/h6H,1H2,2-5H3. The van der Waals surface area contributed by atoms with Gasteiger partial charge < -0.3 is 0 Å². The van der Waals surface area contributed by atoms with Crippen molar-refractivity contribution < 1.29 is 0 Å². The Balaban J connectivity index is 4.32. The lowest BCUT2D eigenvalue weighted by Gasteiger charge is -2.33. The summed E-state index contributed by atoms with van der Waals surface area (Å²) in [4.78, 5) is 0. The normalized spacial score (nSPS) is 13.4. The molecule has 0 amide bonds. The molecule has 0 heterocycles. The molecular formula is C8H15S. The zero-order valence-corrected chi connectivity index (χ0v) is 7.51. The van der Waals surface area contributed by atoms with Gasteiger partial charge in [-0.25, -0.2) is 0 Å². The summed E-state index contributed by atoms with van der Waals surface area (Å²) >= 11 is 5.25. The fourth-order valence-electron chi connectivity index (χ4n) is 0.246. The van der Waals surface area contributed by atoms with Crippen LogP contribution in [0.5, 0.6) is 0 Å². The summed E-state index contributed by atoms with van der Waals surface area (Å²) < 4.78 is -0.0885. The lowest BCUT2D eigenvalue weighted by Crippen LogP contribution is -2.31. The van der Waals surface area contributed by atoms with E-state index in [4.69, 9.17) is 12.6 Å². The van der Waals surface area contributed by atoms with E-state index in [0.717, 1.165) is 0 Å². The number of hydrogen-bond donors (Lipinski definition) is 0. The molecule has 1 radical (unpaired) electrons. The second kappa shape index (κ2) is 2.37. The first kappa shape index (κ1) is 9.09. The fraction of sp³-hybridized carbons (Fsp3) is 0.750. The van der Waals surface area contributed by atoms with Crippen LogP contribution in [0.1, 0.15) is 27.7 Å². The van der Waals surface area contributed by atoms with Crippen LogP contribution in [0.15, 0.2) is 12.7 Å². The van der Waals surface area contributed by atoms with Crippen LogP contribution in [0.2, 0.25) is 0 Å². The van der Waals surface area contributed by atoms with Crippen LogP contribution < -0.4 is 0 Å². The molecule has 0 bridgehead atoms. The third kappa shape index (κ3) is 2.05. The van der Waals surface area contributed by atoms with Crippen molar-refractivity contribution in [1.29, 1.82) is 0 Å². The predicted octanol–water partition coefficient (Wildman–Crippen LogP) is 3.17. The first-order chi connectivity index (χ1) is 3.81. The lowest BCUT2D eigenvalue weighted by atomic mass is 9.81. The second-order valence-corrected chi connectivity index (χ2v) is 4.46. The zero-order valence-electron chi connectivity index (χ0n) is 6.69. The van der Waals surface area contributed by atoms with E-state index in [1.165, 1.54) is 0 Å². The highest BCUT2D eigenvalue weighted by Gasteiger charge is 2.31. The Labute approximate surface area is 63.8 Å². The van der Waals surface area contributed by atoms with Gasteiger partial charge in [0.25, 0.3) is 0 Å². The first-order valence-corrected chi connectivity index (χ1v) is 3.56. The van der Waals surface area contributed by atoms with Crippen LogP contribution in [-0.4, -0.2) is 4.75 Å². The van der Waals surface area contributed by atoms with Gasteiger partial charge >= 0.3 is 0 Å². The summed E-state index contributed by atoms with van der Waals surface area (Å²) in [6.45, 7) is 12.0. The van der Waals surface area contributed by atoms with E-state index < -0.39 is 0 Å². The molecule has 0 N–H and O–H groups in total. The molecule has 0 aromatic heterocycles. The van der Waals surface area contributed by atoms with Gasteiger partial charge in [0, 0.05) is 4.75 Å². The van der Waals surface area contributed by atoms with Crippen molar-refractivity contribution in [2.45, 2.75) is 32.4 Å². The molecule has 0 unspecified atom stereocenters. The number of allylic oxidation sites excluding steroid dienone is 1. The Kier molecular flexibility index (Phi) is 2.40. The van der Waals surface area contributed by atoms with Gasteiger partial charge in [0.05, 0.1) is 0 Å². The van der Waals surface area contributed by atoms with Gasteiger partial charge in [-0.05, 0) is 19.3 Å². The first-order valence-electron chi connectivity index (χ1n) is 3.15. The molecule has 53 valence electrons. The zero-order chi connectivity index (χ0) is 7.71. The van der Waals surface area contributed by atoms with Crippen molar-refractivity contribution in [3.8, 4) is 0 Å². The fourth-order valence-corrected chi connectivity index (χ4v) is 0.329. The highest BCUT2D eigenvalue weighted by Crippen LogP contribution is 2.36. The minimum absolute atomic E-state index is 0.0579. The molecule has 0 aliphatic heterocycles. The summed E-state index contributed by atoms with van der Waals surface area (Å²) in [6, 6.07) is 0. The summed E-state index contributed by atoms with van der Waals surface area (Å²) in [5, 5.41) is 0. The Morgan fingerprint density at radius 1 is 1.22 bits per heavy atom. The molecule has 0 fully saturated rings. The Bertz CT molecular complexity index is 106. The molecule has 0 saturated heterocycles. The Morgan fingerprint density at radius 2 is 1.56 bits per heavy atom. The quantitative estimate of drug-likeness (QED) is 0.521. The minimum atomic E-state index is -0.0885. The van der Waals surface area contributed by atoms with Crippen molar-refractivity contribution >= 4 is 12.6 Å². The van der Waals surface area contributed by atoms with Gasteiger partial charge in [-0.3, -0.25) is 0 Å². The average molecular weight is 143 g/mol. The molecular weight excluding hydrogens is 128 g/mol. The van der Waals surface area contributed by atoms with Crippen LogP contribution >= 0.6 is 12.6 Å². The molecule has 0 aliphatic carbocycles. The molecule has 0 nitrogen and oxygen atoms in total. The van der Waals surface area contributed by atoms with E-state index in [-0.39, 0.29) is 10.2 Å². The molecule has 0 aromatic carbocycles. The maximum Gasteiger partial charge on any atom is 0.0292 e. The van der Waals surface area contributed by atoms with Crippen LogP contribution in [0, 0.1) is 5.41 Å². The predicted molar refractivity (Wildman–Crippen MR) is 45.6 cm³/mol. The summed E-state index contributed by atoms with van der Waals surface area (Å²) in [6.07, 6.45) is 1.92. The molecule has 0 atom stereocenters. The van der Waals surface area contributed by atoms with Gasteiger partial charge in [-0.1, -0.05) is 32.6 Å². The maximum atomic E-state index is 5.25. The van der Waals surface area contributed by atoms with Crippen LogP contribution in [0.25, 0.3) is 0 Å². The Hall–Kier alpha value is 0.0900. The molecule has 1 heteroatoms. The van der Waals surface area contributed by atoms with Crippen molar-refractivity contribution in [3.05, 3.63) is 12.7 Å². The largest absolute Gasteiger partial charge is 0.102 e. The maximum absolute atomic E-state index is 5.25. The number of rotatable bonds is 2. The molecule has 9 heavy (non-hydrogen) atoms. The van der Waals surface area contributed by atoms with E-state index >= 15 is 0 Å². The van der Waals surface area contributed by atoms with E-state index in [0.29, 0.717) is 0 Å². The van der Waals surface area contributed by atoms with Gasteiger partial charge in [0.15, 0.2) is 0 Å². The third-order valence-electron chi connectivity index (χ3n) is 2.06. The summed E-state index contributed by atoms with van der Waals surface area (Å²) in [7, 11) is 0. The van der Waals surface area contributed by atoms with Crippen LogP contribution in [0.4, 0.5) is 0 Å². The second-order valence-electron chi connectivity index (χ2n) is 3.44. The third-order valence-corrected chi connectivity index (χ3v) is 2.59. The molecule has 0 spiro atoms. The summed E-state index contributed by atoms with van der Waals surface area (Å²) in [5.74, 6) is 0. The molecule has 0 rings (SSSR count). The Morgan fingerprint density at radius 3 is 1.56 bits per heavy atom. The van der Waals surface area contributed by atoms with Gasteiger partial charge in [-0.15, -0.1) is 6.58 Å². The van der Waals surface area contributed by atoms with E-state index in [1.807, 2.05) is 19.9 Å². The smallest absolute Gasteiger partial charge is 0.0292 e.